The van der Waals surface area contributed by atoms with E-state index in [2.05, 4.69) is 25.9 Å². The third kappa shape index (κ3) is 3.24. The fourth-order valence-corrected chi connectivity index (χ4v) is 2.54. The van der Waals surface area contributed by atoms with Gasteiger partial charge in [-0.1, -0.05) is 11.8 Å². The molecule has 2 rings (SSSR count). The van der Waals surface area contributed by atoms with Crippen molar-refractivity contribution in [3.05, 3.63) is 16.7 Å². The number of hydrogen-bond acceptors (Lipinski definition) is 5. The summed E-state index contributed by atoms with van der Waals surface area (Å²) >= 11 is 4.29. The number of halogens is 1. The molecule has 0 atom stereocenters. The second kappa shape index (κ2) is 5.57. The molecule has 0 spiro atoms. The van der Waals surface area contributed by atoms with Gasteiger partial charge in [0.15, 0.2) is 10.8 Å². The van der Waals surface area contributed by atoms with E-state index >= 15 is 0 Å². The lowest BCUT2D eigenvalue weighted by molar-refractivity contribution is -0.133. The smallest absolute Gasteiger partial charge is 0.313 e. The molecule has 0 saturated carbocycles. The van der Waals surface area contributed by atoms with Gasteiger partial charge in [0.2, 0.25) is 5.91 Å². The highest BCUT2D eigenvalue weighted by Crippen LogP contribution is 2.24. The zero-order valence-electron chi connectivity index (χ0n) is 9.54. The summed E-state index contributed by atoms with van der Waals surface area (Å²) in [5.41, 5.74) is 6.25. The Morgan fingerprint density at radius 3 is 2.89 bits per heavy atom. The molecule has 0 aromatic carbocycles. The van der Waals surface area contributed by atoms with Gasteiger partial charge in [-0.15, -0.1) is 0 Å². The van der Waals surface area contributed by atoms with Gasteiger partial charge in [0.1, 0.15) is 12.1 Å². The van der Waals surface area contributed by atoms with Crippen molar-refractivity contribution in [2.24, 2.45) is 5.73 Å². The van der Waals surface area contributed by atoms with E-state index in [9.17, 15) is 9.59 Å². The maximum atomic E-state index is 11.1. The van der Waals surface area contributed by atoms with Crippen LogP contribution in [0.2, 0.25) is 0 Å². The van der Waals surface area contributed by atoms with Crippen molar-refractivity contribution < 1.29 is 14.7 Å². The van der Waals surface area contributed by atoms with E-state index in [-0.39, 0.29) is 12.3 Å². The summed E-state index contributed by atoms with van der Waals surface area (Å²) in [5.74, 6) is -1.65. The standard InChI is InChI=1S/C10H9BrN4O3S/c11-5-1-6-9(13-2-5)15(3-7(12)16)10(14-6)19-4-8(17)18/h1-2H,3-4H2,(H2,12,16)(H,17,18). The number of rotatable bonds is 5. The number of amides is 1. The number of carboxylic acid groups (broad SMARTS) is 1. The Labute approximate surface area is 120 Å². The highest BCUT2D eigenvalue weighted by Gasteiger charge is 2.15. The number of carboxylic acids is 1. The minimum absolute atomic E-state index is 0.0902. The molecule has 2 aromatic rings. The predicted molar refractivity (Wildman–Crippen MR) is 72.8 cm³/mol. The Hall–Kier alpha value is -1.61. The molecule has 9 heteroatoms. The van der Waals surface area contributed by atoms with Gasteiger partial charge in [0, 0.05) is 10.7 Å². The van der Waals surface area contributed by atoms with Crippen molar-refractivity contribution in [1.29, 1.82) is 0 Å². The average Bonchev–Trinajstić information content (AvgIpc) is 2.63. The number of thioether (sulfide) groups is 1. The first-order valence-electron chi connectivity index (χ1n) is 5.12. The summed E-state index contributed by atoms with van der Waals surface area (Å²) in [6, 6.07) is 1.74. The maximum Gasteiger partial charge on any atom is 0.313 e. The van der Waals surface area contributed by atoms with Crippen molar-refractivity contribution in [3.63, 3.8) is 0 Å². The lowest BCUT2D eigenvalue weighted by Gasteiger charge is -2.04. The van der Waals surface area contributed by atoms with Gasteiger partial charge in [-0.2, -0.15) is 0 Å². The summed E-state index contributed by atoms with van der Waals surface area (Å²) in [6.07, 6.45) is 1.58. The van der Waals surface area contributed by atoms with Gasteiger partial charge in [0.25, 0.3) is 0 Å². The lowest BCUT2D eigenvalue weighted by Crippen LogP contribution is -2.19. The molecule has 3 N–H and O–H groups in total. The highest BCUT2D eigenvalue weighted by molar-refractivity contribution is 9.10. The Kier molecular flexibility index (Phi) is 4.05. The van der Waals surface area contributed by atoms with Crippen molar-refractivity contribution in [2.45, 2.75) is 11.7 Å². The van der Waals surface area contributed by atoms with E-state index in [0.29, 0.717) is 16.3 Å². The Balaban J connectivity index is 2.47. The van der Waals surface area contributed by atoms with E-state index in [1.54, 1.807) is 12.3 Å². The normalized spacial score (nSPS) is 10.8. The van der Waals surface area contributed by atoms with Crippen LogP contribution in [0.15, 0.2) is 21.9 Å². The van der Waals surface area contributed by atoms with Gasteiger partial charge in [-0.25, -0.2) is 9.97 Å². The summed E-state index contributed by atoms with van der Waals surface area (Å²) in [6.45, 7) is -0.0902. The van der Waals surface area contributed by atoms with Crippen LogP contribution < -0.4 is 5.73 Å². The second-order valence-electron chi connectivity index (χ2n) is 3.63. The molecule has 0 saturated heterocycles. The molecule has 0 fully saturated rings. The zero-order chi connectivity index (χ0) is 14.0. The van der Waals surface area contributed by atoms with Gasteiger partial charge < -0.3 is 10.8 Å². The van der Waals surface area contributed by atoms with Crippen LogP contribution in [0.5, 0.6) is 0 Å². The average molecular weight is 345 g/mol. The summed E-state index contributed by atoms with van der Waals surface area (Å²) in [7, 11) is 0. The predicted octanol–water partition coefficient (Wildman–Crippen LogP) is 0.856. The van der Waals surface area contributed by atoms with Crippen LogP contribution in [0.1, 0.15) is 0 Å². The molecule has 0 aliphatic rings. The number of aromatic nitrogens is 3. The number of nitrogens with two attached hydrogens (primary N) is 1. The van der Waals surface area contributed by atoms with Gasteiger partial charge >= 0.3 is 5.97 Å². The monoisotopic (exact) mass is 344 g/mol. The van der Waals surface area contributed by atoms with Crippen LogP contribution in [0, 0.1) is 0 Å². The molecule has 0 radical (unpaired) electrons. The largest absolute Gasteiger partial charge is 0.481 e. The number of primary amides is 1. The molecule has 1 amide bonds. The fourth-order valence-electron chi connectivity index (χ4n) is 1.50. The van der Waals surface area contributed by atoms with Crippen LogP contribution in [0.3, 0.4) is 0 Å². The number of carbonyl (C=O) groups excluding carboxylic acids is 1. The van der Waals surface area contributed by atoms with E-state index in [4.69, 9.17) is 10.8 Å². The molecule has 0 aliphatic heterocycles. The van der Waals surface area contributed by atoms with E-state index in [0.717, 1.165) is 16.2 Å². The first-order chi connectivity index (χ1) is 8.97. The SMILES string of the molecule is NC(=O)Cn1c(SCC(=O)O)nc2cc(Br)cnc21. The molecule has 0 unspecified atom stereocenters. The first-order valence-corrected chi connectivity index (χ1v) is 6.90. The highest BCUT2D eigenvalue weighted by atomic mass is 79.9. The summed E-state index contributed by atoms with van der Waals surface area (Å²) in [4.78, 5) is 30.1. The molecule has 0 aliphatic carbocycles. The van der Waals surface area contributed by atoms with Crippen LogP contribution >= 0.6 is 27.7 Å². The van der Waals surface area contributed by atoms with E-state index < -0.39 is 11.9 Å². The minimum atomic E-state index is -0.961. The quantitative estimate of drug-likeness (QED) is 0.778. The number of imidazole rings is 1. The third-order valence-corrected chi connectivity index (χ3v) is 3.55. The Morgan fingerprint density at radius 2 is 2.26 bits per heavy atom. The number of carbonyl (C=O) groups is 2. The zero-order valence-corrected chi connectivity index (χ0v) is 11.9. The number of nitrogens with zero attached hydrogens (tertiary/aromatic N) is 3. The van der Waals surface area contributed by atoms with Gasteiger partial charge in [-0.3, -0.25) is 14.2 Å². The molecular formula is C10H9BrN4O3S. The van der Waals surface area contributed by atoms with Gasteiger partial charge in [-0.05, 0) is 22.0 Å². The van der Waals surface area contributed by atoms with Crippen LogP contribution in [-0.4, -0.2) is 37.3 Å². The number of aliphatic carboxylic acids is 1. The summed E-state index contributed by atoms with van der Waals surface area (Å²) < 4.78 is 2.26. The lowest BCUT2D eigenvalue weighted by atomic mass is 10.4. The van der Waals surface area contributed by atoms with E-state index in [1.807, 2.05) is 0 Å². The first kappa shape index (κ1) is 13.8. The van der Waals surface area contributed by atoms with Crippen molar-refractivity contribution in [1.82, 2.24) is 14.5 Å². The second-order valence-corrected chi connectivity index (χ2v) is 5.48. The molecule has 19 heavy (non-hydrogen) atoms. The number of pyridine rings is 1. The number of hydrogen-bond donors (Lipinski definition) is 2. The van der Waals surface area contributed by atoms with Crippen molar-refractivity contribution in [3.8, 4) is 0 Å². The molecule has 100 valence electrons. The van der Waals surface area contributed by atoms with Gasteiger partial charge in [0.05, 0.1) is 5.75 Å². The molecular weight excluding hydrogens is 336 g/mol. The molecule has 7 nitrogen and oxygen atoms in total. The molecule has 0 bridgehead atoms. The minimum Gasteiger partial charge on any atom is -0.481 e. The van der Waals surface area contributed by atoms with Crippen LogP contribution in [0.4, 0.5) is 0 Å². The molecule has 2 aromatic heterocycles. The van der Waals surface area contributed by atoms with E-state index in [1.165, 1.54) is 4.57 Å². The summed E-state index contributed by atoms with van der Waals surface area (Å²) in [5, 5.41) is 9.10. The third-order valence-electron chi connectivity index (χ3n) is 2.16. The topological polar surface area (TPSA) is 111 Å². The maximum absolute atomic E-state index is 11.1. The van der Waals surface area contributed by atoms with Crippen molar-refractivity contribution >= 4 is 50.7 Å². The number of fused-ring (bicyclic) bond motifs is 1. The van der Waals surface area contributed by atoms with Crippen molar-refractivity contribution in [2.75, 3.05) is 5.75 Å². The molecule has 2 heterocycles. The Morgan fingerprint density at radius 1 is 1.53 bits per heavy atom. The fraction of sp³-hybridized carbons (Fsp3) is 0.200. The van der Waals surface area contributed by atoms with Crippen LogP contribution in [-0.2, 0) is 16.1 Å². The van der Waals surface area contributed by atoms with Crippen LogP contribution in [0.25, 0.3) is 11.2 Å². The Bertz CT molecular complexity index is 658.